The topological polar surface area (TPSA) is 42.9 Å². The molecule has 14 heavy (non-hydrogen) atoms. The molecule has 1 saturated carbocycles. The van der Waals surface area contributed by atoms with Crippen molar-refractivity contribution in [1.29, 1.82) is 0 Å². The maximum absolute atomic E-state index is 10.8. The molecule has 1 aromatic rings. The van der Waals surface area contributed by atoms with E-state index in [0.717, 1.165) is 6.42 Å². The molecule has 3 nitrogen and oxygen atoms in total. The number of nitrogens with zero attached hydrogens (tertiary/aromatic N) is 2. The maximum atomic E-state index is 10.8. The minimum Gasteiger partial charge on any atom is -0.275 e. The molecule has 1 fully saturated rings. The Balaban J connectivity index is 2.20. The normalized spacial score (nSPS) is 15.6. The van der Waals surface area contributed by atoms with Crippen molar-refractivity contribution in [1.82, 2.24) is 9.97 Å². The Morgan fingerprint density at radius 2 is 2.29 bits per heavy atom. The Morgan fingerprint density at radius 3 is 2.79 bits per heavy atom. The predicted molar refractivity (Wildman–Crippen MR) is 53.7 cm³/mol. The standard InChI is InChI=1S/C9H8Cl2N2O/c10-8-6(9(11)14)4-12-7(13-8)3-5-1-2-5/h4-5H,1-3H2. The van der Waals surface area contributed by atoms with Crippen molar-refractivity contribution in [2.24, 2.45) is 5.92 Å². The van der Waals surface area contributed by atoms with Crippen LogP contribution in [0.4, 0.5) is 0 Å². The third-order valence-corrected chi connectivity index (χ3v) is 2.66. The van der Waals surface area contributed by atoms with Gasteiger partial charge in [0.1, 0.15) is 11.0 Å². The molecule has 0 aromatic carbocycles. The summed E-state index contributed by atoms with van der Waals surface area (Å²) in [7, 11) is 0. The van der Waals surface area contributed by atoms with Crippen LogP contribution in [0.3, 0.4) is 0 Å². The molecule has 74 valence electrons. The highest BCUT2D eigenvalue weighted by molar-refractivity contribution is 6.68. The first-order valence-electron chi connectivity index (χ1n) is 4.38. The van der Waals surface area contributed by atoms with E-state index in [2.05, 4.69) is 9.97 Å². The van der Waals surface area contributed by atoms with Gasteiger partial charge < -0.3 is 0 Å². The number of hydrogen-bond donors (Lipinski definition) is 0. The number of aromatic nitrogens is 2. The van der Waals surface area contributed by atoms with E-state index < -0.39 is 5.24 Å². The van der Waals surface area contributed by atoms with E-state index in [1.807, 2.05) is 0 Å². The molecule has 0 spiro atoms. The van der Waals surface area contributed by atoms with Crippen LogP contribution in [0.5, 0.6) is 0 Å². The molecule has 0 atom stereocenters. The zero-order valence-corrected chi connectivity index (χ0v) is 8.85. The first-order chi connectivity index (χ1) is 6.66. The minimum absolute atomic E-state index is 0.149. The van der Waals surface area contributed by atoms with Crippen LogP contribution in [0.15, 0.2) is 6.20 Å². The lowest BCUT2D eigenvalue weighted by Gasteiger charge is -2.00. The smallest absolute Gasteiger partial charge is 0.257 e. The van der Waals surface area contributed by atoms with Gasteiger partial charge in [-0.05, 0) is 30.4 Å². The van der Waals surface area contributed by atoms with E-state index in [4.69, 9.17) is 23.2 Å². The Labute approximate surface area is 91.5 Å². The van der Waals surface area contributed by atoms with Crippen molar-refractivity contribution < 1.29 is 4.79 Å². The fraction of sp³-hybridized carbons (Fsp3) is 0.444. The van der Waals surface area contributed by atoms with E-state index in [-0.39, 0.29) is 10.7 Å². The average molecular weight is 231 g/mol. The first kappa shape index (κ1) is 9.87. The third-order valence-electron chi connectivity index (χ3n) is 2.17. The summed E-state index contributed by atoms with van der Waals surface area (Å²) in [6.07, 6.45) is 4.70. The van der Waals surface area contributed by atoms with E-state index in [9.17, 15) is 4.79 Å². The molecule has 1 aliphatic carbocycles. The number of rotatable bonds is 3. The van der Waals surface area contributed by atoms with Gasteiger partial charge in [-0.3, -0.25) is 4.79 Å². The first-order valence-corrected chi connectivity index (χ1v) is 5.13. The SMILES string of the molecule is O=C(Cl)c1cnc(CC2CC2)nc1Cl. The second kappa shape index (κ2) is 3.83. The molecular formula is C9H8Cl2N2O. The van der Waals surface area contributed by atoms with Crippen molar-refractivity contribution in [3.8, 4) is 0 Å². The molecule has 1 aliphatic rings. The molecule has 2 rings (SSSR count). The fourth-order valence-electron chi connectivity index (χ4n) is 1.21. The summed E-state index contributed by atoms with van der Waals surface area (Å²) >= 11 is 11.0. The van der Waals surface area contributed by atoms with Crippen LogP contribution in [0.2, 0.25) is 5.15 Å². The molecule has 0 N–H and O–H groups in total. The molecule has 0 saturated heterocycles. The average Bonchev–Trinajstić information content (AvgIpc) is 2.87. The van der Waals surface area contributed by atoms with Gasteiger partial charge in [-0.25, -0.2) is 9.97 Å². The van der Waals surface area contributed by atoms with Crippen molar-refractivity contribution in [3.63, 3.8) is 0 Å². The van der Waals surface area contributed by atoms with Gasteiger partial charge in [-0.2, -0.15) is 0 Å². The number of carbonyl (C=O) groups excluding carboxylic acids is 1. The predicted octanol–water partition coefficient (Wildman–Crippen LogP) is 2.46. The third kappa shape index (κ3) is 2.22. The van der Waals surface area contributed by atoms with E-state index in [1.54, 1.807) is 0 Å². The molecule has 0 radical (unpaired) electrons. The van der Waals surface area contributed by atoms with Gasteiger partial charge in [0.25, 0.3) is 5.24 Å². The lowest BCUT2D eigenvalue weighted by Crippen LogP contribution is -2.01. The Morgan fingerprint density at radius 1 is 1.57 bits per heavy atom. The summed E-state index contributed by atoms with van der Waals surface area (Å²) in [5, 5.41) is -0.469. The highest BCUT2D eigenvalue weighted by Gasteiger charge is 2.23. The van der Waals surface area contributed by atoms with E-state index in [0.29, 0.717) is 11.7 Å². The lowest BCUT2D eigenvalue weighted by molar-refractivity contribution is 0.108. The molecule has 1 heterocycles. The van der Waals surface area contributed by atoms with E-state index in [1.165, 1.54) is 19.0 Å². The van der Waals surface area contributed by atoms with Crippen LogP contribution >= 0.6 is 23.2 Å². The summed E-state index contributed by atoms with van der Waals surface area (Å²) in [6, 6.07) is 0. The zero-order valence-electron chi connectivity index (χ0n) is 7.33. The number of carbonyl (C=O) groups is 1. The Kier molecular flexibility index (Phi) is 2.70. The number of hydrogen-bond acceptors (Lipinski definition) is 3. The minimum atomic E-state index is -0.618. The highest BCUT2D eigenvalue weighted by Crippen LogP contribution is 2.31. The summed E-state index contributed by atoms with van der Waals surface area (Å²) < 4.78 is 0. The highest BCUT2D eigenvalue weighted by atomic mass is 35.5. The monoisotopic (exact) mass is 230 g/mol. The van der Waals surface area contributed by atoms with E-state index >= 15 is 0 Å². The Bertz CT molecular complexity index is 377. The summed E-state index contributed by atoms with van der Waals surface area (Å²) in [5.74, 6) is 1.39. The zero-order chi connectivity index (χ0) is 10.1. The molecule has 5 heteroatoms. The van der Waals surface area contributed by atoms with Gasteiger partial charge >= 0.3 is 0 Å². The van der Waals surface area contributed by atoms with Gasteiger partial charge in [0.2, 0.25) is 0 Å². The van der Waals surface area contributed by atoms with Crippen molar-refractivity contribution >= 4 is 28.4 Å². The largest absolute Gasteiger partial charge is 0.275 e. The summed E-state index contributed by atoms with van der Waals surface area (Å²) in [4.78, 5) is 18.9. The maximum Gasteiger partial charge on any atom is 0.257 e. The van der Waals surface area contributed by atoms with Gasteiger partial charge in [0.05, 0.1) is 5.56 Å². The Hall–Kier alpha value is -0.670. The summed E-state index contributed by atoms with van der Waals surface area (Å²) in [5.41, 5.74) is 0.174. The molecule has 0 bridgehead atoms. The molecular weight excluding hydrogens is 223 g/mol. The molecule has 0 aliphatic heterocycles. The fourth-order valence-corrected chi connectivity index (χ4v) is 1.62. The van der Waals surface area contributed by atoms with Crippen LogP contribution in [-0.4, -0.2) is 15.2 Å². The second-order valence-corrected chi connectivity index (χ2v) is 4.11. The van der Waals surface area contributed by atoms with Crippen molar-refractivity contribution in [2.75, 3.05) is 0 Å². The molecule has 1 aromatic heterocycles. The van der Waals surface area contributed by atoms with Gasteiger partial charge in [0, 0.05) is 12.6 Å². The quantitative estimate of drug-likeness (QED) is 0.592. The van der Waals surface area contributed by atoms with Crippen LogP contribution < -0.4 is 0 Å². The molecule has 0 amide bonds. The van der Waals surface area contributed by atoms with Gasteiger partial charge in [-0.1, -0.05) is 11.6 Å². The van der Waals surface area contributed by atoms with Crippen molar-refractivity contribution in [2.45, 2.75) is 19.3 Å². The lowest BCUT2D eigenvalue weighted by atomic mass is 10.2. The van der Waals surface area contributed by atoms with Gasteiger partial charge in [0.15, 0.2) is 0 Å². The van der Waals surface area contributed by atoms with Crippen molar-refractivity contribution in [3.05, 3.63) is 22.7 Å². The van der Waals surface area contributed by atoms with Crippen LogP contribution in [0.25, 0.3) is 0 Å². The van der Waals surface area contributed by atoms with Crippen LogP contribution in [0.1, 0.15) is 29.0 Å². The number of halogens is 2. The van der Waals surface area contributed by atoms with Crippen LogP contribution in [0, 0.1) is 5.92 Å². The molecule has 0 unspecified atom stereocenters. The second-order valence-electron chi connectivity index (χ2n) is 3.41. The van der Waals surface area contributed by atoms with Gasteiger partial charge in [-0.15, -0.1) is 0 Å². The summed E-state index contributed by atoms with van der Waals surface area (Å²) in [6.45, 7) is 0. The van der Waals surface area contributed by atoms with Crippen LogP contribution in [-0.2, 0) is 6.42 Å².